The van der Waals surface area contributed by atoms with Crippen molar-refractivity contribution in [3.8, 4) is 0 Å². The molecule has 1 atom stereocenters. The van der Waals surface area contributed by atoms with Gasteiger partial charge in [0.25, 0.3) is 0 Å². The predicted molar refractivity (Wildman–Crippen MR) is 80.0 cm³/mol. The number of carbonyl (C=O) groups is 1. The number of rotatable bonds is 0. The normalized spacial score (nSPS) is 17.1. The molecule has 1 heterocycles. The van der Waals surface area contributed by atoms with Crippen LogP contribution in [0.25, 0.3) is 0 Å². The fourth-order valence-corrected chi connectivity index (χ4v) is 3.88. The zero-order valence-corrected chi connectivity index (χ0v) is 12.5. The number of amides is 1. The predicted octanol–water partition coefficient (Wildman–Crippen LogP) is 4.19. The molecule has 2 aromatic rings. The number of hydrogen-bond acceptors (Lipinski definition) is 2. The van der Waals surface area contributed by atoms with Gasteiger partial charge in [0.05, 0.1) is 27.9 Å². The van der Waals surface area contributed by atoms with E-state index in [0.29, 0.717) is 20.5 Å². The molecule has 102 valence electrons. The first-order chi connectivity index (χ1) is 9.58. The van der Waals surface area contributed by atoms with Gasteiger partial charge in [-0.25, -0.2) is 4.21 Å². The second-order valence-electron chi connectivity index (χ2n) is 4.33. The zero-order chi connectivity index (χ0) is 14.3. The smallest absolute Gasteiger partial charge is 0.293 e. The molecule has 0 aromatic heterocycles. The van der Waals surface area contributed by atoms with Gasteiger partial charge in [-0.05, 0) is 41.4 Å². The van der Waals surface area contributed by atoms with Gasteiger partial charge in [-0.3, -0.25) is 9.69 Å². The van der Waals surface area contributed by atoms with Gasteiger partial charge in [-0.15, -0.1) is 0 Å². The summed E-state index contributed by atoms with van der Waals surface area (Å²) in [6, 6.07) is 12.2. The highest BCUT2D eigenvalue weighted by molar-refractivity contribution is 7.85. The number of benzene rings is 2. The molecule has 1 unspecified atom stereocenters. The van der Waals surface area contributed by atoms with Crippen molar-refractivity contribution in [3.05, 3.63) is 53.1 Å². The molecule has 20 heavy (non-hydrogen) atoms. The Kier molecular flexibility index (Phi) is 3.54. The van der Waals surface area contributed by atoms with Crippen LogP contribution in [-0.4, -0.2) is 9.58 Å². The largest absolute Gasteiger partial charge is 0.321 e. The minimum atomic E-state index is -1.36. The topological polar surface area (TPSA) is 37.4 Å². The first kappa shape index (κ1) is 13.6. The molecule has 0 fully saturated rings. The van der Waals surface area contributed by atoms with Gasteiger partial charge >= 0.3 is 5.37 Å². The van der Waals surface area contributed by atoms with E-state index in [4.69, 9.17) is 23.2 Å². The molecule has 1 amide bonds. The SMILES string of the molecule is O=C(Cl)N1Cc2ccccc2S(=O)c2ccc(Cl)cc21. The third kappa shape index (κ3) is 2.24. The molecule has 0 radical (unpaired) electrons. The maximum Gasteiger partial charge on any atom is 0.321 e. The molecule has 2 aromatic carbocycles. The summed E-state index contributed by atoms with van der Waals surface area (Å²) in [5, 5.41) is -0.156. The van der Waals surface area contributed by atoms with E-state index in [-0.39, 0.29) is 6.54 Å². The van der Waals surface area contributed by atoms with Gasteiger partial charge < -0.3 is 0 Å². The second kappa shape index (κ2) is 5.20. The molecule has 0 aliphatic carbocycles. The molecular weight excluding hydrogens is 317 g/mol. The number of nitrogens with zero attached hydrogens (tertiary/aromatic N) is 1. The monoisotopic (exact) mass is 325 g/mol. The summed E-state index contributed by atoms with van der Waals surface area (Å²) < 4.78 is 12.7. The van der Waals surface area contributed by atoms with Crippen molar-refractivity contribution in [2.24, 2.45) is 0 Å². The van der Waals surface area contributed by atoms with E-state index >= 15 is 0 Å². The van der Waals surface area contributed by atoms with Crippen LogP contribution in [-0.2, 0) is 17.3 Å². The fourth-order valence-electron chi connectivity index (χ4n) is 2.20. The van der Waals surface area contributed by atoms with E-state index in [2.05, 4.69) is 0 Å². The molecular formula is C14H9Cl2NO2S. The Bertz CT molecular complexity index is 733. The lowest BCUT2D eigenvalue weighted by atomic mass is 10.2. The van der Waals surface area contributed by atoms with Crippen molar-refractivity contribution in [1.82, 2.24) is 0 Å². The van der Waals surface area contributed by atoms with Gasteiger partial charge in [0.2, 0.25) is 0 Å². The Balaban J connectivity index is 2.28. The van der Waals surface area contributed by atoms with Crippen molar-refractivity contribution in [2.75, 3.05) is 4.90 Å². The van der Waals surface area contributed by atoms with E-state index in [1.54, 1.807) is 24.3 Å². The maximum atomic E-state index is 12.7. The van der Waals surface area contributed by atoms with Crippen LogP contribution >= 0.6 is 23.2 Å². The Morgan fingerprint density at radius 2 is 1.90 bits per heavy atom. The third-order valence-electron chi connectivity index (χ3n) is 3.12. The standard InChI is InChI=1S/C14H9Cl2NO2S/c15-10-5-6-13-11(7-10)17(14(16)18)8-9-3-1-2-4-12(9)20(13)19/h1-7H,8H2. The lowest BCUT2D eigenvalue weighted by Crippen LogP contribution is -2.25. The van der Waals surface area contributed by atoms with Crippen molar-refractivity contribution in [3.63, 3.8) is 0 Å². The lowest BCUT2D eigenvalue weighted by Gasteiger charge is -2.19. The number of fused-ring (bicyclic) bond motifs is 2. The first-order valence-corrected chi connectivity index (χ1v) is 7.75. The van der Waals surface area contributed by atoms with E-state index in [0.717, 1.165) is 5.56 Å². The van der Waals surface area contributed by atoms with E-state index in [9.17, 15) is 9.00 Å². The number of halogens is 2. The number of anilines is 1. The van der Waals surface area contributed by atoms with Crippen LogP contribution in [0, 0.1) is 0 Å². The van der Waals surface area contributed by atoms with Crippen molar-refractivity contribution >= 4 is 45.1 Å². The summed E-state index contributed by atoms with van der Waals surface area (Å²) in [6.45, 7) is 0.275. The third-order valence-corrected chi connectivity index (χ3v) is 5.11. The van der Waals surface area contributed by atoms with Gasteiger partial charge in [0, 0.05) is 9.92 Å². The van der Waals surface area contributed by atoms with E-state index in [1.807, 2.05) is 18.2 Å². The highest BCUT2D eigenvalue weighted by Crippen LogP contribution is 2.36. The highest BCUT2D eigenvalue weighted by Gasteiger charge is 2.27. The van der Waals surface area contributed by atoms with Crippen LogP contribution in [0.2, 0.25) is 5.02 Å². The minimum absolute atomic E-state index is 0.275. The fraction of sp³-hybridized carbons (Fsp3) is 0.0714. The quantitative estimate of drug-likeness (QED) is 0.538. The van der Waals surface area contributed by atoms with Crippen LogP contribution in [0.15, 0.2) is 52.3 Å². The summed E-state index contributed by atoms with van der Waals surface area (Å²) >= 11 is 11.6. The van der Waals surface area contributed by atoms with Gasteiger partial charge in [-0.2, -0.15) is 0 Å². The molecule has 1 aliphatic rings. The molecule has 3 rings (SSSR count). The highest BCUT2D eigenvalue weighted by atomic mass is 35.5. The van der Waals surface area contributed by atoms with Crippen LogP contribution in [0.3, 0.4) is 0 Å². The molecule has 6 heteroatoms. The summed E-state index contributed by atoms with van der Waals surface area (Å²) in [4.78, 5) is 14.3. The van der Waals surface area contributed by atoms with Crippen molar-refractivity contribution in [2.45, 2.75) is 16.3 Å². The lowest BCUT2D eigenvalue weighted by molar-refractivity contribution is 0.264. The molecule has 0 saturated heterocycles. The molecule has 0 spiro atoms. The number of hydrogen-bond donors (Lipinski definition) is 0. The summed E-state index contributed by atoms with van der Waals surface area (Å²) in [6.07, 6.45) is 0. The second-order valence-corrected chi connectivity index (χ2v) is 6.50. The first-order valence-electron chi connectivity index (χ1n) is 5.84. The molecule has 0 N–H and O–H groups in total. The number of carbonyl (C=O) groups excluding carboxylic acids is 1. The molecule has 1 aliphatic heterocycles. The van der Waals surface area contributed by atoms with Crippen LogP contribution in [0.1, 0.15) is 5.56 Å². The molecule has 3 nitrogen and oxygen atoms in total. The molecule has 0 saturated carbocycles. The van der Waals surface area contributed by atoms with E-state index in [1.165, 1.54) is 4.90 Å². The van der Waals surface area contributed by atoms with Crippen molar-refractivity contribution < 1.29 is 9.00 Å². The Hall–Kier alpha value is -1.36. The summed E-state index contributed by atoms with van der Waals surface area (Å²) in [5.74, 6) is 0. The summed E-state index contributed by atoms with van der Waals surface area (Å²) in [5.41, 5.74) is 1.30. The zero-order valence-electron chi connectivity index (χ0n) is 10.2. The van der Waals surface area contributed by atoms with E-state index < -0.39 is 16.2 Å². The van der Waals surface area contributed by atoms with Gasteiger partial charge in [0.1, 0.15) is 0 Å². The van der Waals surface area contributed by atoms with Crippen LogP contribution in [0.4, 0.5) is 10.5 Å². The van der Waals surface area contributed by atoms with Crippen molar-refractivity contribution in [1.29, 1.82) is 0 Å². The average Bonchev–Trinajstić information content (AvgIpc) is 2.55. The Labute approximate surface area is 128 Å². The van der Waals surface area contributed by atoms with Crippen LogP contribution < -0.4 is 4.90 Å². The van der Waals surface area contributed by atoms with Crippen LogP contribution in [0.5, 0.6) is 0 Å². The minimum Gasteiger partial charge on any atom is -0.293 e. The maximum absolute atomic E-state index is 12.7. The Morgan fingerprint density at radius 3 is 2.65 bits per heavy atom. The Morgan fingerprint density at radius 1 is 1.15 bits per heavy atom. The molecule has 0 bridgehead atoms. The summed E-state index contributed by atoms with van der Waals surface area (Å²) in [7, 11) is -1.36. The van der Waals surface area contributed by atoms with Gasteiger partial charge in [0.15, 0.2) is 0 Å². The average molecular weight is 326 g/mol. The van der Waals surface area contributed by atoms with Gasteiger partial charge in [-0.1, -0.05) is 29.8 Å².